The predicted molar refractivity (Wildman–Crippen MR) is 89.9 cm³/mol. The summed E-state index contributed by atoms with van der Waals surface area (Å²) >= 11 is 0. The number of aromatic nitrogens is 2. The molecular formula is C16H28N4O5. The monoisotopic (exact) mass is 356 g/mol. The maximum atomic E-state index is 12.6. The normalized spacial score (nSPS) is 13.0. The molecule has 2 N–H and O–H groups in total. The number of anilines is 1. The maximum absolute atomic E-state index is 12.6. The van der Waals surface area contributed by atoms with Crippen molar-refractivity contribution in [1.82, 2.24) is 15.2 Å². The summed E-state index contributed by atoms with van der Waals surface area (Å²) in [6.07, 6.45) is -0.716. The topological polar surface area (TPSA) is 120 Å². The third kappa shape index (κ3) is 6.43. The molecule has 0 aliphatic carbocycles. The van der Waals surface area contributed by atoms with E-state index in [0.29, 0.717) is 6.42 Å². The molecule has 1 atom stereocenters. The van der Waals surface area contributed by atoms with Crippen molar-refractivity contribution >= 4 is 17.9 Å². The van der Waals surface area contributed by atoms with E-state index in [4.69, 9.17) is 4.52 Å². The highest BCUT2D eigenvalue weighted by Crippen LogP contribution is 2.21. The number of nitrogens with zero attached hydrogens (tertiary/aromatic N) is 4. The number of hydrogen-bond acceptors (Lipinski definition) is 7. The number of aryl methyl sites for hydroxylation is 1. The zero-order valence-corrected chi connectivity index (χ0v) is 15.7. The van der Waals surface area contributed by atoms with Crippen molar-refractivity contribution in [2.45, 2.75) is 60.5 Å². The van der Waals surface area contributed by atoms with Crippen LogP contribution in [0.4, 0.5) is 10.7 Å². The first-order valence-electron chi connectivity index (χ1n) is 8.25. The Balaban J connectivity index is 2.94. The van der Waals surface area contributed by atoms with E-state index in [2.05, 4.69) is 10.1 Å². The average Bonchev–Trinajstić information content (AvgIpc) is 2.93. The first-order valence-corrected chi connectivity index (χ1v) is 8.25. The highest BCUT2D eigenvalue weighted by Gasteiger charge is 2.34. The molecular weight excluding hydrogens is 328 g/mol. The molecule has 0 fully saturated rings. The van der Waals surface area contributed by atoms with Crippen LogP contribution in [0, 0.1) is 18.3 Å². The molecule has 0 radical (unpaired) electrons. The van der Waals surface area contributed by atoms with Crippen molar-refractivity contribution in [3.8, 4) is 0 Å². The van der Waals surface area contributed by atoms with Gasteiger partial charge in [0.15, 0.2) is 0 Å². The van der Waals surface area contributed by atoms with Gasteiger partial charge in [-0.3, -0.25) is 14.9 Å². The first kappa shape index (κ1) is 21.0. The molecule has 0 spiro atoms. The van der Waals surface area contributed by atoms with Gasteiger partial charge in [0.2, 0.25) is 5.89 Å². The summed E-state index contributed by atoms with van der Waals surface area (Å²) in [4.78, 5) is 29.7. The quantitative estimate of drug-likeness (QED) is 0.593. The molecule has 9 nitrogen and oxygen atoms in total. The molecule has 0 unspecified atom stereocenters. The molecule has 3 amide bonds. The summed E-state index contributed by atoms with van der Waals surface area (Å²) in [5.74, 6) is -0.606. The summed E-state index contributed by atoms with van der Waals surface area (Å²) in [5, 5.41) is 23.5. The molecule has 9 heteroatoms. The molecule has 142 valence electrons. The van der Waals surface area contributed by atoms with Crippen molar-refractivity contribution < 1.29 is 24.4 Å². The Labute approximate surface area is 147 Å². The molecule has 1 aromatic rings. The van der Waals surface area contributed by atoms with Crippen molar-refractivity contribution in [3.63, 3.8) is 0 Å². The lowest BCUT2D eigenvalue weighted by atomic mass is 9.96. The number of amides is 3. The summed E-state index contributed by atoms with van der Waals surface area (Å²) in [6.45, 7) is 11.2. The molecule has 0 bridgehead atoms. The van der Waals surface area contributed by atoms with Crippen LogP contribution in [-0.2, 0) is 4.79 Å². The Hall–Kier alpha value is -2.00. The minimum Gasteiger partial charge on any atom is -0.383 e. The molecule has 25 heavy (non-hydrogen) atoms. The molecule has 0 saturated heterocycles. The lowest BCUT2D eigenvalue weighted by Gasteiger charge is -2.29. The number of aliphatic hydroxyl groups is 1. The predicted octanol–water partition coefficient (Wildman–Crippen LogP) is 2.37. The molecule has 1 aromatic heterocycles. The van der Waals surface area contributed by atoms with Crippen LogP contribution in [-0.4, -0.2) is 50.1 Å². The zero-order chi connectivity index (χ0) is 19.4. The van der Waals surface area contributed by atoms with Crippen LogP contribution in [0.3, 0.4) is 0 Å². The van der Waals surface area contributed by atoms with E-state index in [0.717, 1.165) is 4.90 Å². The van der Waals surface area contributed by atoms with E-state index in [1.54, 1.807) is 6.92 Å². The van der Waals surface area contributed by atoms with E-state index in [9.17, 15) is 19.9 Å². The largest absolute Gasteiger partial charge is 0.383 e. The van der Waals surface area contributed by atoms with Crippen LogP contribution < -0.4 is 4.90 Å². The first-order chi connectivity index (χ1) is 11.4. The number of imide groups is 1. The summed E-state index contributed by atoms with van der Waals surface area (Å²) in [5.41, 5.74) is -0.357. The van der Waals surface area contributed by atoms with E-state index in [-0.39, 0.29) is 41.2 Å². The van der Waals surface area contributed by atoms with Crippen molar-refractivity contribution in [1.29, 1.82) is 0 Å². The Bertz CT molecular complexity index is 594. The van der Waals surface area contributed by atoms with Crippen molar-refractivity contribution in [2.75, 3.05) is 11.4 Å². The summed E-state index contributed by atoms with van der Waals surface area (Å²) in [7, 11) is 0. The Morgan fingerprint density at radius 2 is 1.84 bits per heavy atom. The number of hydrogen-bond donors (Lipinski definition) is 2. The van der Waals surface area contributed by atoms with Crippen LogP contribution in [0.1, 0.15) is 53.4 Å². The van der Waals surface area contributed by atoms with Gasteiger partial charge in [0.05, 0.1) is 0 Å². The van der Waals surface area contributed by atoms with Gasteiger partial charge in [0.25, 0.3) is 11.9 Å². The van der Waals surface area contributed by atoms with Crippen LogP contribution in [0.5, 0.6) is 0 Å². The molecule has 1 heterocycles. The van der Waals surface area contributed by atoms with E-state index < -0.39 is 18.0 Å². The van der Waals surface area contributed by atoms with Crippen LogP contribution in [0.25, 0.3) is 0 Å². The number of carbonyl (C=O) groups is 2. The summed E-state index contributed by atoms with van der Waals surface area (Å²) < 4.78 is 4.87. The van der Waals surface area contributed by atoms with Gasteiger partial charge in [-0.1, -0.05) is 34.6 Å². The Morgan fingerprint density at radius 3 is 2.28 bits per heavy atom. The molecule has 0 saturated carbocycles. The smallest absolute Gasteiger partial charge is 0.358 e. The van der Waals surface area contributed by atoms with Gasteiger partial charge in [0, 0.05) is 13.5 Å². The fourth-order valence-electron chi connectivity index (χ4n) is 2.06. The lowest BCUT2D eigenvalue weighted by Crippen LogP contribution is -2.50. The van der Waals surface area contributed by atoms with E-state index in [1.165, 1.54) is 0 Å². The van der Waals surface area contributed by atoms with Gasteiger partial charge >= 0.3 is 6.03 Å². The van der Waals surface area contributed by atoms with Crippen LogP contribution in [0.2, 0.25) is 0 Å². The fraction of sp³-hybridized carbons (Fsp3) is 0.750. The second-order valence-electron chi connectivity index (χ2n) is 7.68. The number of urea groups is 1. The van der Waals surface area contributed by atoms with E-state index >= 15 is 0 Å². The van der Waals surface area contributed by atoms with Gasteiger partial charge in [-0.2, -0.15) is 4.98 Å². The second-order valence-corrected chi connectivity index (χ2v) is 7.68. The standard InChI is InChI=1S/C16H28N4O5/c1-10(2)7-8-12(21)13(22)20(24)15(23)19(9-16(4,5)6)14-17-11(3)25-18-14/h10,12,21,24H,7-9H2,1-6H3/t12-/m0/s1. The van der Waals surface area contributed by atoms with Gasteiger partial charge in [-0.05, 0) is 29.3 Å². The van der Waals surface area contributed by atoms with Gasteiger partial charge in [0.1, 0.15) is 6.10 Å². The third-order valence-electron chi connectivity index (χ3n) is 3.31. The van der Waals surface area contributed by atoms with Gasteiger partial charge < -0.3 is 9.63 Å². The fourth-order valence-corrected chi connectivity index (χ4v) is 2.06. The number of hydroxylamine groups is 2. The molecule has 1 rings (SSSR count). The highest BCUT2D eigenvalue weighted by atomic mass is 16.5. The second kappa shape index (κ2) is 8.39. The third-order valence-corrected chi connectivity index (χ3v) is 3.31. The lowest BCUT2D eigenvalue weighted by molar-refractivity contribution is -0.162. The number of rotatable bonds is 6. The minimum absolute atomic E-state index is 0.0547. The van der Waals surface area contributed by atoms with Crippen LogP contribution in [0.15, 0.2) is 4.52 Å². The highest BCUT2D eigenvalue weighted by molar-refractivity contribution is 6.01. The average molecular weight is 356 g/mol. The minimum atomic E-state index is -1.46. The number of carbonyl (C=O) groups excluding carboxylic acids is 2. The zero-order valence-electron chi connectivity index (χ0n) is 15.7. The van der Waals surface area contributed by atoms with Crippen LogP contribution >= 0.6 is 0 Å². The molecule has 0 aliphatic heterocycles. The summed E-state index contributed by atoms with van der Waals surface area (Å²) in [6, 6.07) is -1.04. The number of aliphatic hydroxyl groups excluding tert-OH is 1. The SMILES string of the molecule is Cc1nc(N(CC(C)(C)C)C(=O)N(O)C(=O)[C@@H](O)CCC(C)C)no1. The maximum Gasteiger partial charge on any atom is 0.358 e. The van der Waals surface area contributed by atoms with E-state index in [1.807, 2.05) is 34.6 Å². The van der Waals surface area contributed by atoms with Gasteiger partial charge in [-0.15, -0.1) is 5.06 Å². The van der Waals surface area contributed by atoms with Gasteiger partial charge in [-0.25, -0.2) is 4.79 Å². The molecule has 0 aromatic carbocycles. The Kier molecular flexibility index (Phi) is 7.06. The molecule has 0 aliphatic rings. The van der Waals surface area contributed by atoms with Crippen molar-refractivity contribution in [2.24, 2.45) is 11.3 Å². The van der Waals surface area contributed by atoms with Crippen molar-refractivity contribution in [3.05, 3.63) is 5.89 Å². The Morgan fingerprint density at radius 1 is 1.24 bits per heavy atom.